The number of carbonyl (C=O) groups excluding carboxylic acids is 1. The van der Waals surface area contributed by atoms with E-state index in [1.165, 1.54) is 26.2 Å². The Morgan fingerprint density at radius 3 is 2.81 bits per heavy atom. The van der Waals surface area contributed by atoms with Crippen LogP contribution in [0.2, 0.25) is 0 Å². The predicted octanol–water partition coefficient (Wildman–Crippen LogP) is 2.66. The van der Waals surface area contributed by atoms with E-state index in [0.717, 1.165) is 16.2 Å². The molecular formula is C18H16F2N4OS. The van der Waals surface area contributed by atoms with Gasteiger partial charge in [0.05, 0.1) is 0 Å². The molecule has 3 rings (SSSR count). The number of alkyl halides is 1. The van der Waals surface area contributed by atoms with Gasteiger partial charge in [-0.05, 0) is 26.0 Å². The maximum Gasteiger partial charge on any atom is 0.266 e. The molecule has 0 aliphatic carbocycles. The van der Waals surface area contributed by atoms with E-state index in [4.69, 9.17) is 5.73 Å². The summed E-state index contributed by atoms with van der Waals surface area (Å²) in [6, 6.07) is 3.19. The SMILES string of the molecule is CC#Cc1cncc(-c2cc([C@@]3(C)N=C(N)N(C)C(=O)[C@@H]3F)sc2F)c1. The second-order valence-corrected chi connectivity index (χ2v) is 7.02. The van der Waals surface area contributed by atoms with E-state index in [-0.39, 0.29) is 16.4 Å². The number of hydrogen-bond donors (Lipinski definition) is 1. The van der Waals surface area contributed by atoms with Crippen molar-refractivity contribution in [3.8, 4) is 23.0 Å². The quantitative estimate of drug-likeness (QED) is 0.822. The van der Waals surface area contributed by atoms with Crippen molar-refractivity contribution in [1.82, 2.24) is 9.88 Å². The zero-order chi connectivity index (χ0) is 19.1. The number of amides is 1. The Morgan fingerprint density at radius 1 is 1.38 bits per heavy atom. The lowest BCUT2D eigenvalue weighted by Crippen LogP contribution is -2.54. The summed E-state index contributed by atoms with van der Waals surface area (Å²) in [6.07, 6.45) is 1.12. The fourth-order valence-electron chi connectivity index (χ4n) is 2.69. The fourth-order valence-corrected chi connectivity index (χ4v) is 3.70. The smallest absolute Gasteiger partial charge is 0.266 e. The van der Waals surface area contributed by atoms with Crippen LogP contribution in [0.4, 0.5) is 8.78 Å². The second-order valence-electron chi connectivity index (χ2n) is 6.01. The first-order valence-electron chi connectivity index (χ1n) is 7.73. The summed E-state index contributed by atoms with van der Waals surface area (Å²) in [7, 11) is 1.35. The van der Waals surface area contributed by atoms with Crippen molar-refractivity contribution < 1.29 is 13.6 Å². The standard InChI is InChI=1S/C18H16F2N4OS/c1-4-5-10-6-11(9-22-8-10)12-7-13(26-15(12)20)18(2)14(19)16(25)24(3)17(21)23-18/h6-9,14H,1-3H3,(H2,21,23)/t14-,18+/m0/s1. The van der Waals surface area contributed by atoms with Gasteiger partial charge in [-0.15, -0.1) is 17.3 Å². The van der Waals surface area contributed by atoms with Crippen LogP contribution < -0.4 is 5.73 Å². The molecule has 0 saturated heterocycles. The van der Waals surface area contributed by atoms with E-state index < -0.39 is 22.7 Å². The average Bonchev–Trinajstić information content (AvgIpc) is 3.01. The van der Waals surface area contributed by atoms with E-state index in [0.29, 0.717) is 11.1 Å². The molecule has 0 saturated carbocycles. The van der Waals surface area contributed by atoms with E-state index in [2.05, 4.69) is 21.8 Å². The van der Waals surface area contributed by atoms with Crippen LogP contribution in [0.5, 0.6) is 0 Å². The summed E-state index contributed by atoms with van der Waals surface area (Å²) in [5, 5.41) is -0.517. The minimum absolute atomic E-state index is 0.108. The van der Waals surface area contributed by atoms with E-state index >= 15 is 0 Å². The number of pyridine rings is 1. The molecule has 8 heteroatoms. The van der Waals surface area contributed by atoms with Crippen LogP contribution in [0, 0.1) is 17.0 Å². The molecular weight excluding hydrogens is 358 g/mol. The molecule has 26 heavy (non-hydrogen) atoms. The third-order valence-electron chi connectivity index (χ3n) is 4.24. The Labute approximate surface area is 153 Å². The third kappa shape index (κ3) is 2.84. The number of nitrogens with two attached hydrogens (primary N) is 1. The lowest BCUT2D eigenvalue weighted by atomic mass is 9.91. The highest BCUT2D eigenvalue weighted by molar-refractivity contribution is 7.11. The summed E-state index contributed by atoms with van der Waals surface area (Å²) in [5.41, 5.74) is 5.56. The van der Waals surface area contributed by atoms with Gasteiger partial charge in [-0.2, -0.15) is 4.39 Å². The minimum Gasteiger partial charge on any atom is -0.369 e. The van der Waals surface area contributed by atoms with Gasteiger partial charge in [-0.3, -0.25) is 14.7 Å². The number of hydrogen-bond acceptors (Lipinski definition) is 5. The molecule has 2 aromatic rings. The summed E-state index contributed by atoms with van der Waals surface area (Å²) < 4.78 is 29.3. The Hall–Kier alpha value is -2.79. The van der Waals surface area contributed by atoms with Crippen molar-refractivity contribution in [3.63, 3.8) is 0 Å². The minimum atomic E-state index is -1.96. The maximum absolute atomic E-state index is 14.7. The molecule has 2 N–H and O–H groups in total. The van der Waals surface area contributed by atoms with Crippen molar-refractivity contribution in [1.29, 1.82) is 0 Å². The van der Waals surface area contributed by atoms with Crippen molar-refractivity contribution in [3.05, 3.63) is 40.1 Å². The highest BCUT2D eigenvalue weighted by Gasteiger charge is 2.48. The molecule has 0 spiro atoms. The molecule has 0 radical (unpaired) electrons. The Balaban J connectivity index is 2.09. The molecule has 0 aromatic carbocycles. The molecule has 1 aliphatic rings. The van der Waals surface area contributed by atoms with Crippen LogP contribution in [0.25, 0.3) is 11.1 Å². The number of thiophene rings is 1. The van der Waals surface area contributed by atoms with Gasteiger partial charge < -0.3 is 5.73 Å². The summed E-state index contributed by atoms with van der Waals surface area (Å²) >= 11 is 0.739. The van der Waals surface area contributed by atoms with Crippen molar-refractivity contribution in [2.75, 3.05) is 7.05 Å². The Bertz CT molecular complexity index is 975. The normalized spacial score (nSPS) is 22.7. The van der Waals surface area contributed by atoms with Gasteiger partial charge >= 0.3 is 0 Å². The predicted molar refractivity (Wildman–Crippen MR) is 96.7 cm³/mol. The van der Waals surface area contributed by atoms with Gasteiger partial charge in [0.2, 0.25) is 6.17 Å². The number of halogens is 2. The van der Waals surface area contributed by atoms with Crippen LogP contribution >= 0.6 is 11.3 Å². The van der Waals surface area contributed by atoms with E-state index in [1.54, 1.807) is 19.2 Å². The Morgan fingerprint density at radius 2 is 2.12 bits per heavy atom. The first-order valence-corrected chi connectivity index (χ1v) is 8.54. The van der Waals surface area contributed by atoms with Crippen molar-refractivity contribution in [2.24, 2.45) is 10.7 Å². The van der Waals surface area contributed by atoms with Crippen LogP contribution in [0.3, 0.4) is 0 Å². The molecule has 2 aromatic heterocycles. The monoisotopic (exact) mass is 374 g/mol. The average molecular weight is 374 g/mol. The van der Waals surface area contributed by atoms with Crippen LogP contribution in [0.1, 0.15) is 24.3 Å². The summed E-state index contributed by atoms with van der Waals surface area (Å²) in [5.74, 6) is 4.70. The highest BCUT2D eigenvalue weighted by atomic mass is 32.1. The third-order valence-corrected chi connectivity index (χ3v) is 5.39. The highest BCUT2D eigenvalue weighted by Crippen LogP contribution is 2.42. The van der Waals surface area contributed by atoms with Crippen LogP contribution in [0.15, 0.2) is 29.5 Å². The largest absolute Gasteiger partial charge is 0.369 e. The summed E-state index contributed by atoms with van der Waals surface area (Å²) in [6.45, 7) is 3.12. The summed E-state index contributed by atoms with van der Waals surface area (Å²) in [4.78, 5) is 21.5. The number of nitrogens with zero attached hydrogens (tertiary/aromatic N) is 3. The maximum atomic E-state index is 14.7. The second kappa shape index (κ2) is 6.50. The molecule has 1 amide bonds. The number of guanidine groups is 1. The lowest BCUT2D eigenvalue weighted by Gasteiger charge is -2.35. The first kappa shape index (κ1) is 18.0. The van der Waals surface area contributed by atoms with Crippen LogP contribution in [-0.2, 0) is 10.3 Å². The zero-order valence-corrected chi connectivity index (χ0v) is 15.2. The fraction of sp³-hybridized carbons (Fsp3) is 0.278. The lowest BCUT2D eigenvalue weighted by molar-refractivity contribution is -0.135. The zero-order valence-electron chi connectivity index (χ0n) is 14.4. The number of aromatic nitrogens is 1. The molecule has 0 bridgehead atoms. The number of aliphatic imine (C=N–C) groups is 1. The van der Waals surface area contributed by atoms with E-state index in [9.17, 15) is 13.6 Å². The van der Waals surface area contributed by atoms with Gasteiger partial charge in [0.25, 0.3) is 5.91 Å². The van der Waals surface area contributed by atoms with E-state index in [1.807, 2.05) is 0 Å². The Kier molecular flexibility index (Phi) is 4.50. The van der Waals surface area contributed by atoms with Crippen LogP contribution in [-0.4, -0.2) is 35.0 Å². The molecule has 0 unspecified atom stereocenters. The van der Waals surface area contributed by atoms with Gasteiger partial charge in [0, 0.05) is 41.0 Å². The molecule has 134 valence electrons. The number of rotatable bonds is 2. The molecule has 2 atom stereocenters. The molecule has 1 aliphatic heterocycles. The van der Waals surface area contributed by atoms with Crippen molar-refractivity contribution in [2.45, 2.75) is 25.6 Å². The van der Waals surface area contributed by atoms with Gasteiger partial charge in [0.1, 0.15) is 5.54 Å². The molecule has 0 fully saturated rings. The van der Waals surface area contributed by atoms with Crippen molar-refractivity contribution >= 4 is 23.2 Å². The van der Waals surface area contributed by atoms with Gasteiger partial charge in [0.15, 0.2) is 11.1 Å². The molecule has 5 nitrogen and oxygen atoms in total. The molecule has 3 heterocycles. The topological polar surface area (TPSA) is 71.6 Å². The van der Waals surface area contributed by atoms with Gasteiger partial charge in [-0.1, -0.05) is 5.92 Å². The van der Waals surface area contributed by atoms with Gasteiger partial charge in [-0.25, -0.2) is 9.38 Å². The first-order chi connectivity index (χ1) is 12.3. The number of carbonyl (C=O) groups is 1.